The van der Waals surface area contributed by atoms with Gasteiger partial charge in [-0.1, -0.05) is 19.4 Å². The molecule has 0 spiro atoms. The Hall–Kier alpha value is -1.59. The third-order valence-electron chi connectivity index (χ3n) is 4.60. The predicted octanol–water partition coefficient (Wildman–Crippen LogP) is 3.06. The van der Waals surface area contributed by atoms with Crippen LogP contribution in [0.25, 0.3) is 11.0 Å². The van der Waals surface area contributed by atoms with Crippen molar-refractivity contribution in [3.63, 3.8) is 0 Å². The van der Waals surface area contributed by atoms with Gasteiger partial charge in [-0.05, 0) is 51.0 Å². The van der Waals surface area contributed by atoms with Crippen molar-refractivity contribution in [2.24, 2.45) is 5.73 Å². The zero-order chi connectivity index (χ0) is 15.5. The number of aromatic amines is 1. The third-order valence-corrected chi connectivity index (χ3v) is 4.60. The quantitative estimate of drug-likeness (QED) is 0.881. The monoisotopic (exact) mass is 336 g/mol. The molecule has 0 aliphatic carbocycles. The number of unbranched alkanes of at least 4 members (excludes halogenated alkanes) is 1. The smallest absolute Gasteiger partial charge is 0.250 e. The Kier molecular flexibility index (Phi) is 6.02. The Labute approximate surface area is 143 Å². The summed E-state index contributed by atoms with van der Waals surface area (Å²) in [5, 5.41) is 0. The highest BCUT2D eigenvalue weighted by atomic mass is 35.5. The first-order valence-electron chi connectivity index (χ1n) is 8.19. The zero-order valence-electron chi connectivity index (χ0n) is 13.5. The molecule has 6 heteroatoms. The van der Waals surface area contributed by atoms with Crippen LogP contribution in [0.5, 0.6) is 0 Å². The number of hydrogen-bond donors (Lipinski definition) is 2. The number of benzene rings is 1. The highest BCUT2D eigenvalue weighted by molar-refractivity contribution is 6.04. The molecule has 3 N–H and O–H groups in total. The lowest BCUT2D eigenvalue weighted by molar-refractivity contribution is 0.100. The van der Waals surface area contributed by atoms with Gasteiger partial charge in [-0.3, -0.25) is 4.79 Å². The van der Waals surface area contributed by atoms with Crippen molar-refractivity contribution in [3.05, 3.63) is 29.6 Å². The fraction of sp³-hybridized carbons (Fsp3) is 0.529. The Morgan fingerprint density at radius 2 is 2.13 bits per heavy atom. The number of carbonyl (C=O) groups is 1. The van der Waals surface area contributed by atoms with Crippen molar-refractivity contribution in [1.29, 1.82) is 0 Å². The fourth-order valence-electron chi connectivity index (χ4n) is 3.26. The summed E-state index contributed by atoms with van der Waals surface area (Å²) in [6.07, 6.45) is 4.77. The van der Waals surface area contributed by atoms with Gasteiger partial charge >= 0.3 is 0 Å². The number of rotatable bonds is 5. The Morgan fingerprint density at radius 1 is 1.39 bits per heavy atom. The predicted molar refractivity (Wildman–Crippen MR) is 95.2 cm³/mol. The van der Waals surface area contributed by atoms with Crippen LogP contribution in [0.2, 0.25) is 0 Å². The van der Waals surface area contributed by atoms with Crippen LogP contribution in [0, 0.1) is 0 Å². The number of halogens is 1. The van der Waals surface area contributed by atoms with E-state index < -0.39 is 5.91 Å². The number of amides is 1. The van der Waals surface area contributed by atoms with E-state index in [0.29, 0.717) is 17.0 Å². The van der Waals surface area contributed by atoms with Crippen molar-refractivity contribution >= 4 is 29.3 Å². The summed E-state index contributed by atoms with van der Waals surface area (Å²) in [5.74, 6) is 1.03. The van der Waals surface area contributed by atoms with E-state index in [4.69, 9.17) is 5.73 Å². The maximum absolute atomic E-state index is 11.5. The molecule has 126 valence electrons. The van der Waals surface area contributed by atoms with Crippen LogP contribution >= 0.6 is 12.4 Å². The van der Waals surface area contributed by atoms with E-state index >= 15 is 0 Å². The summed E-state index contributed by atoms with van der Waals surface area (Å²) < 4.78 is 0. The van der Waals surface area contributed by atoms with Gasteiger partial charge in [0.25, 0.3) is 5.91 Å². The molecule has 0 saturated carbocycles. The number of aromatic nitrogens is 2. The molecule has 0 atom stereocenters. The van der Waals surface area contributed by atoms with Gasteiger partial charge in [0.2, 0.25) is 0 Å². The van der Waals surface area contributed by atoms with Crippen LogP contribution in [-0.2, 0) is 0 Å². The summed E-state index contributed by atoms with van der Waals surface area (Å²) in [4.78, 5) is 22.1. The van der Waals surface area contributed by atoms with E-state index in [-0.39, 0.29) is 12.4 Å². The number of para-hydroxylation sites is 1. The van der Waals surface area contributed by atoms with Gasteiger partial charge in [0.05, 0.1) is 11.1 Å². The number of nitrogens with two attached hydrogens (primary N) is 1. The van der Waals surface area contributed by atoms with E-state index in [9.17, 15) is 4.79 Å². The first-order valence-corrected chi connectivity index (χ1v) is 8.19. The average molecular weight is 337 g/mol. The summed E-state index contributed by atoms with van der Waals surface area (Å²) in [7, 11) is 0. The van der Waals surface area contributed by atoms with Crippen LogP contribution in [0.4, 0.5) is 0 Å². The number of piperidine rings is 1. The molecule has 0 unspecified atom stereocenters. The molecule has 0 bridgehead atoms. The minimum absolute atomic E-state index is 0. The molecular formula is C17H25ClN4O. The number of H-pyrrole nitrogens is 1. The van der Waals surface area contributed by atoms with Gasteiger partial charge in [0, 0.05) is 5.92 Å². The largest absolute Gasteiger partial charge is 0.366 e. The molecule has 1 aromatic heterocycles. The van der Waals surface area contributed by atoms with Gasteiger partial charge in [0.1, 0.15) is 11.3 Å². The van der Waals surface area contributed by atoms with Crippen LogP contribution < -0.4 is 5.73 Å². The molecule has 1 aliphatic heterocycles. The van der Waals surface area contributed by atoms with Gasteiger partial charge in [-0.25, -0.2) is 4.98 Å². The van der Waals surface area contributed by atoms with Gasteiger partial charge in [-0.2, -0.15) is 0 Å². The highest BCUT2D eigenvalue weighted by Crippen LogP contribution is 2.28. The minimum Gasteiger partial charge on any atom is -0.366 e. The lowest BCUT2D eigenvalue weighted by Crippen LogP contribution is -2.33. The summed E-state index contributed by atoms with van der Waals surface area (Å²) in [5.41, 5.74) is 7.54. The molecule has 23 heavy (non-hydrogen) atoms. The molecule has 5 nitrogen and oxygen atoms in total. The fourth-order valence-corrected chi connectivity index (χ4v) is 3.26. The molecule has 0 radical (unpaired) electrons. The van der Waals surface area contributed by atoms with Crippen molar-refractivity contribution in [2.45, 2.75) is 38.5 Å². The number of nitrogens with zero attached hydrogens (tertiary/aromatic N) is 2. The standard InChI is InChI=1S/C17H24N4O.ClH/c1-2-3-9-21-10-7-12(8-11-21)17-19-14-6-4-5-13(16(18)22)15(14)20-17;/h4-6,12H,2-3,7-11H2,1H3,(H2,18,22)(H,19,20);1H. The maximum Gasteiger partial charge on any atom is 0.250 e. The van der Waals surface area contributed by atoms with Crippen LogP contribution in [0.15, 0.2) is 18.2 Å². The number of fused-ring (bicyclic) bond motifs is 1. The molecule has 1 aliphatic rings. The van der Waals surface area contributed by atoms with Crippen molar-refractivity contribution in [2.75, 3.05) is 19.6 Å². The number of hydrogen-bond acceptors (Lipinski definition) is 3. The Bertz CT molecular complexity index is 662. The van der Waals surface area contributed by atoms with Gasteiger partial charge in [0.15, 0.2) is 0 Å². The number of nitrogens with one attached hydrogen (secondary N) is 1. The number of carbonyl (C=O) groups excluding carboxylic acids is 1. The molecule has 3 rings (SSSR count). The molecule has 2 heterocycles. The van der Waals surface area contributed by atoms with E-state index in [1.54, 1.807) is 6.07 Å². The number of imidazole rings is 1. The third kappa shape index (κ3) is 3.85. The van der Waals surface area contributed by atoms with Crippen molar-refractivity contribution in [3.8, 4) is 0 Å². The summed E-state index contributed by atoms with van der Waals surface area (Å²) in [6, 6.07) is 5.54. The number of primary amides is 1. The number of likely N-dealkylation sites (tertiary alicyclic amines) is 1. The first kappa shape index (κ1) is 17.8. The lowest BCUT2D eigenvalue weighted by Gasteiger charge is -2.30. The topological polar surface area (TPSA) is 75.0 Å². The normalized spacial score (nSPS) is 16.4. The second-order valence-corrected chi connectivity index (χ2v) is 6.16. The maximum atomic E-state index is 11.5. The SMILES string of the molecule is CCCCN1CCC(c2nc3c(C(N)=O)cccc3[nH]2)CC1.Cl. The van der Waals surface area contributed by atoms with Crippen LogP contribution in [0.1, 0.15) is 54.7 Å². The molecule has 1 amide bonds. The highest BCUT2D eigenvalue weighted by Gasteiger charge is 2.23. The van der Waals surface area contributed by atoms with E-state index in [2.05, 4.69) is 21.8 Å². The molecular weight excluding hydrogens is 312 g/mol. The second-order valence-electron chi connectivity index (χ2n) is 6.16. The van der Waals surface area contributed by atoms with Crippen molar-refractivity contribution < 1.29 is 4.79 Å². The Morgan fingerprint density at radius 3 is 2.78 bits per heavy atom. The van der Waals surface area contributed by atoms with E-state index in [1.807, 2.05) is 12.1 Å². The van der Waals surface area contributed by atoms with Crippen LogP contribution in [-0.4, -0.2) is 40.4 Å². The van der Waals surface area contributed by atoms with Crippen molar-refractivity contribution in [1.82, 2.24) is 14.9 Å². The van der Waals surface area contributed by atoms with Gasteiger partial charge in [-0.15, -0.1) is 12.4 Å². The molecule has 2 aromatic rings. The second kappa shape index (κ2) is 7.79. The summed E-state index contributed by atoms with van der Waals surface area (Å²) in [6.45, 7) is 5.70. The molecule has 1 saturated heterocycles. The average Bonchev–Trinajstić information content (AvgIpc) is 2.97. The molecule has 1 aromatic carbocycles. The van der Waals surface area contributed by atoms with E-state index in [0.717, 1.165) is 37.3 Å². The minimum atomic E-state index is -0.418. The van der Waals surface area contributed by atoms with Gasteiger partial charge < -0.3 is 15.6 Å². The summed E-state index contributed by atoms with van der Waals surface area (Å²) >= 11 is 0. The molecule has 1 fully saturated rings. The first-order chi connectivity index (χ1) is 10.7. The van der Waals surface area contributed by atoms with Crippen LogP contribution in [0.3, 0.4) is 0 Å². The lowest BCUT2D eigenvalue weighted by atomic mass is 9.96. The van der Waals surface area contributed by atoms with E-state index in [1.165, 1.54) is 19.4 Å². The Balaban J connectivity index is 0.00000192. The zero-order valence-corrected chi connectivity index (χ0v) is 14.4.